The van der Waals surface area contributed by atoms with Gasteiger partial charge in [0, 0.05) is 18.6 Å². The summed E-state index contributed by atoms with van der Waals surface area (Å²) in [5.41, 5.74) is 6.95. The molecule has 0 aromatic heterocycles. The molecule has 0 saturated carbocycles. The van der Waals surface area contributed by atoms with E-state index >= 15 is 0 Å². The minimum Gasteiger partial charge on any atom is -0.340 e. The van der Waals surface area contributed by atoms with E-state index in [1.54, 1.807) is 11.9 Å². The number of carbonyl (C=O) groups excluding carboxylic acids is 1. The topological polar surface area (TPSA) is 46.3 Å². The van der Waals surface area contributed by atoms with Crippen LogP contribution in [-0.2, 0) is 11.3 Å². The lowest BCUT2D eigenvalue weighted by molar-refractivity contribution is -0.132. The molecule has 0 fully saturated rings. The zero-order valence-corrected chi connectivity index (χ0v) is 11.9. The molecule has 1 rings (SSSR count). The Morgan fingerprint density at radius 3 is 2.72 bits per heavy atom. The van der Waals surface area contributed by atoms with Crippen molar-refractivity contribution in [2.75, 3.05) is 7.05 Å². The number of likely N-dealkylation sites (N-methyl/N-ethyl adjacent to an activating group) is 1. The predicted octanol–water partition coefficient (Wildman–Crippen LogP) is 2.67. The highest BCUT2D eigenvalue weighted by Crippen LogP contribution is 2.14. The van der Waals surface area contributed by atoms with Crippen LogP contribution in [-0.4, -0.2) is 23.9 Å². The first-order valence-electron chi connectivity index (χ1n) is 6.20. The fraction of sp³-hybridized carbons (Fsp3) is 0.500. The number of halogens is 1. The van der Waals surface area contributed by atoms with Gasteiger partial charge in [-0.05, 0) is 23.6 Å². The Bertz CT molecular complexity index is 409. The Hall–Kier alpha value is -1.06. The van der Waals surface area contributed by atoms with E-state index < -0.39 is 6.04 Å². The molecule has 18 heavy (non-hydrogen) atoms. The average Bonchev–Trinajstić information content (AvgIpc) is 2.36. The third-order valence-electron chi connectivity index (χ3n) is 3.23. The number of nitrogens with two attached hydrogens (primary N) is 1. The lowest BCUT2D eigenvalue weighted by Gasteiger charge is -2.24. The molecule has 0 saturated heterocycles. The highest BCUT2D eigenvalue weighted by molar-refractivity contribution is 6.30. The summed E-state index contributed by atoms with van der Waals surface area (Å²) in [4.78, 5) is 13.8. The molecule has 1 amide bonds. The molecule has 0 heterocycles. The molecule has 0 radical (unpaired) electrons. The van der Waals surface area contributed by atoms with Gasteiger partial charge in [0.1, 0.15) is 0 Å². The van der Waals surface area contributed by atoms with Crippen LogP contribution in [0.3, 0.4) is 0 Å². The maximum Gasteiger partial charge on any atom is 0.239 e. The second kappa shape index (κ2) is 6.76. The fourth-order valence-corrected chi connectivity index (χ4v) is 1.95. The molecular weight excluding hydrogens is 248 g/mol. The largest absolute Gasteiger partial charge is 0.340 e. The summed E-state index contributed by atoms with van der Waals surface area (Å²) in [6, 6.07) is 7.08. The molecule has 0 aliphatic heterocycles. The van der Waals surface area contributed by atoms with Crippen LogP contribution in [0.2, 0.25) is 5.02 Å². The minimum absolute atomic E-state index is 0.0238. The molecule has 100 valence electrons. The zero-order valence-electron chi connectivity index (χ0n) is 11.2. The molecule has 3 nitrogen and oxygen atoms in total. The molecule has 0 aliphatic carbocycles. The van der Waals surface area contributed by atoms with Crippen molar-refractivity contribution in [3.8, 4) is 0 Å². The highest BCUT2D eigenvalue weighted by Gasteiger charge is 2.22. The normalized spacial score (nSPS) is 14.1. The summed E-state index contributed by atoms with van der Waals surface area (Å²) in [5, 5.41) is 0.680. The van der Waals surface area contributed by atoms with Crippen LogP contribution in [0.1, 0.15) is 25.8 Å². The van der Waals surface area contributed by atoms with Crippen molar-refractivity contribution in [2.45, 2.75) is 32.9 Å². The Morgan fingerprint density at radius 1 is 1.50 bits per heavy atom. The van der Waals surface area contributed by atoms with E-state index in [1.165, 1.54) is 0 Å². The zero-order chi connectivity index (χ0) is 13.7. The van der Waals surface area contributed by atoms with E-state index in [-0.39, 0.29) is 11.8 Å². The van der Waals surface area contributed by atoms with Gasteiger partial charge in [-0.2, -0.15) is 0 Å². The van der Waals surface area contributed by atoms with Crippen molar-refractivity contribution in [3.05, 3.63) is 34.9 Å². The molecule has 1 aromatic carbocycles. The van der Waals surface area contributed by atoms with Gasteiger partial charge in [0.05, 0.1) is 6.04 Å². The van der Waals surface area contributed by atoms with Crippen LogP contribution in [0.25, 0.3) is 0 Å². The van der Waals surface area contributed by atoms with E-state index in [0.29, 0.717) is 11.6 Å². The van der Waals surface area contributed by atoms with Gasteiger partial charge in [0.25, 0.3) is 0 Å². The van der Waals surface area contributed by atoms with Gasteiger partial charge >= 0.3 is 0 Å². The first-order valence-corrected chi connectivity index (χ1v) is 6.58. The average molecular weight is 269 g/mol. The van der Waals surface area contributed by atoms with Gasteiger partial charge < -0.3 is 10.6 Å². The summed E-state index contributed by atoms with van der Waals surface area (Å²) in [7, 11) is 1.77. The van der Waals surface area contributed by atoms with E-state index in [9.17, 15) is 4.79 Å². The molecule has 1 aromatic rings. The Morgan fingerprint density at radius 2 is 2.17 bits per heavy atom. The Kier molecular flexibility index (Phi) is 5.63. The maximum absolute atomic E-state index is 12.1. The molecule has 2 atom stereocenters. The van der Waals surface area contributed by atoms with Crippen molar-refractivity contribution < 1.29 is 4.79 Å². The SMILES string of the molecule is CC[C@H](C)[C@H](N)C(=O)N(C)Cc1cccc(Cl)c1. The van der Waals surface area contributed by atoms with Gasteiger partial charge in [0.15, 0.2) is 0 Å². The highest BCUT2D eigenvalue weighted by atomic mass is 35.5. The van der Waals surface area contributed by atoms with Crippen molar-refractivity contribution in [1.29, 1.82) is 0 Å². The smallest absolute Gasteiger partial charge is 0.239 e. The summed E-state index contributed by atoms with van der Waals surface area (Å²) >= 11 is 5.92. The number of amides is 1. The van der Waals surface area contributed by atoms with Crippen LogP contribution in [0, 0.1) is 5.92 Å². The first-order chi connectivity index (χ1) is 8.45. The fourth-order valence-electron chi connectivity index (χ4n) is 1.74. The van der Waals surface area contributed by atoms with Gasteiger partial charge in [0.2, 0.25) is 5.91 Å². The number of benzene rings is 1. The van der Waals surface area contributed by atoms with Crippen molar-refractivity contribution >= 4 is 17.5 Å². The third kappa shape index (κ3) is 4.00. The number of rotatable bonds is 5. The molecule has 0 unspecified atom stereocenters. The molecule has 2 N–H and O–H groups in total. The van der Waals surface area contributed by atoms with Crippen LogP contribution in [0.4, 0.5) is 0 Å². The van der Waals surface area contributed by atoms with Crippen LogP contribution in [0.5, 0.6) is 0 Å². The van der Waals surface area contributed by atoms with Crippen molar-refractivity contribution in [1.82, 2.24) is 4.90 Å². The predicted molar refractivity (Wildman–Crippen MR) is 75.4 cm³/mol. The lowest BCUT2D eigenvalue weighted by atomic mass is 9.99. The summed E-state index contributed by atoms with van der Waals surface area (Å²) in [5.74, 6) is 0.170. The van der Waals surface area contributed by atoms with Gasteiger partial charge in [-0.3, -0.25) is 4.79 Å². The quantitative estimate of drug-likeness (QED) is 0.892. The summed E-state index contributed by atoms with van der Waals surface area (Å²) in [6.07, 6.45) is 0.901. The van der Waals surface area contributed by atoms with E-state index in [4.69, 9.17) is 17.3 Å². The minimum atomic E-state index is -0.431. The lowest BCUT2D eigenvalue weighted by Crippen LogP contribution is -2.45. The van der Waals surface area contributed by atoms with Crippen molar-refractivity contribution in [3.63, 3.8) is 0 Å². The number of nitrogens with zero attached hydrogens (tertiary/aromatic N) is 1. The van der Waals surface area contributed by atoms with Gasteiger partial charge in [-0.25, -0.2) is 0 Å². The molecule has 0 spiro atoms. The van der Waals surface area contributed by atoms with E-state index in [0.717, 1.165) is 12.0 Å². The van der Waals surface area contributed by atoms with Crippen LogP contribution < -0.4 is 5.73 Å². The van der Waals surface area contributed by atoms with Gasteiger partial charge in [-0.15, -0.1) is 0 Å². The number of carbonyl (C=O) groups is 1. The standard InChI is InChI=1S/C14H21ClN2O/c1-4-10(2)13(16)14(18)17(3)9-11-6-5-7-12(15)8-11/h5-8,10,13H,4,9,16H2,1-3H3/t10-,13-/m0/s1. The molecule has 4 heteroatoms. The second-order valence-corrected chi connectivity index (χ2v) is 5.17. The van der Waals surface area contributed by atoms with Gasteiger partial charge in [-0.1, -0.05) is 44.0 Å². The van der Waals surface area contributed by atoms with Crippen molar-refractivity contribution in [2.24, 2.45) is 11.7 Å². The number of hydrogen-bond donors (Lipinski definition) is 1. The van der Waals surface area contributed by atoms with E-state index in [2.05, 4.69) is 0 Å². The first kappa shape index (κ1) is 15.0. The Labute approximate surface area is 114 Å². The molecule has 0 bridgehead atoms. The molecule has 0 aliphatic rings. The Balaban J connectivity index is 2.65. The van der Waals surface area contributed by atoms with Crippen LogP contribution in [0.15, 0.2) is 24.3 Å². The monoisotopic (exact) mass is 268 g/mol. The second-order valence-electron chi connectivity index (χ2n) is 4.74. The number of hydrogen-bond acceptors (Lipinski definition) is 2. The summed E-state index contributed by atoms with van der Waals surface area (Å²) < 4.78 is 0. The molecular formula is C14H21ClN2O. The maximum atomic E-state index is 12.1. The van der Waals surface area contributed by atoms with Crippen LogP contribution >= 0.6 is 11.6 Å². The third-order valence-corrected chi connectivity index (χ3v) is 3.46. The van der Waals surface area contributed by atoms with E-state index in [1.807, 2.05) is 38.1 Å². The summed E-state index contributed by atoms with van der Waals surface area (Å²) in [6.45, 7) is 4.56.